The molecule has 0 bridgehead atoms. The number of nitrogens with one attached hydrogen (secondary N) is 1. The van der Waals surface area contributed by atoms with Crippen LogP contribution in [0.15, 0.2) is 6.07 Å². The maximum Gasteiger partial charge on any atom is 0.0625 e. The van der Waals surface area contributed by atoms with Crippen LogP contribution in [0, 0.1) is 0 Å². The Kier molecular flexibility index (Phi) is 2.87. The molecule has 0 amide bonds. The van der Waals surface area contributed by atoms with Gasteiger partial charge in [0.1, 0.15) is 0 Å². The van der Waals surface area contributed by atoms with Crippen molar-refractivity contribution in [1.82, 2.24) is 15.1 Å². The highest BCUT2D eigenvalue weighted by molar-refractivity contribution is 5.10. The molecule has 0 radical (unpaired) electrons. The summed E-state index contributed by atoms with van der Waals surface area (Å²) in [5.41, 5.74) is 2.49. The standard InChI is InChI=1S/C11H19N3/c1-3-9-7-11(14(2)13-9)8-12-10-5-4-6-10/h7,10,12H,3-6,8H2,1-2H3. The van der Waals surface area contributed by atoms with Gasteiger partial charge >= 0.3 is 0 Å². The molecule has 0 saturated heterocycles. The minimum absolute atomic E-state index is 0.759. The van der Waals surface area contributed by atoms with Crippen LogP contribution in [0.2, 0.25) is 0 Å². The van der Waals surface area contributed by atoms with Crippen molar-refractivity contribution in [3.63, 3.8) is 0 Å². The van der Waals surface area contributed by atoms with Gasteiger partial charge in [-0.1, -0.05) is 13.3 Å². The maximum absolute atomic E-state index is 4.43. The van der Waals surface area contributed by atoms with Crippen molar-refractivity contribution in [3.8, 4) is 0 Å². The first-order valence-electron chi connectivity index (χ1n) is 5.54. The first kappa shape index (κ1) is 9.71. The lowest BCUT2D eigenvalue weighted by Crippen LogP contribution is -2.34. The van der Waals surface area contributed by atoms with Gasteiger partial charge in [-0.15, -0.1) is 0 Å². The fourth-order valence-electron chi connectivity index (χ4n) is 1.77. The second-order valence-corrected chi connectivity index (χ2v) is 4.11. The van der Waals surface area contributed by atoms with Crippen molar-refractivity contribution in [1.29, 1.82) is 0 Å². The zero-order valence-electron chi connectivity index (χ0n) is 9.08. The summed E-state index contributed by atoms with van der Waals surface area (Å²) < 4.78 is 1.99. The Morgan fingerprint density at radius 2 is 2.36 bits per heavy atom. The third-order valence-electron chi connectivity index (χ3n) is 3.07. The van der Waals surface area contributed by atoms with Crippen LogP contribution >= 0.6 is 0 Å². The van der Waals surface area contributed by atoms with E-state index in [9.17, 15) is 0 Å². The number of hydrogen-bond donors (Lipinski definition) is 1. The topological polar surface area (TPSA) is 29.9 Å². The van der Waals surface area contributed by atoms with E-state index in [2.05, 4.69) is 23.4 Å². The molecule has 1 aromatic rings. The van der Waals surface area contributed by atoms with Crippen LogP contribution in [-0.4, -0.2) is 15.8 Å². The maximum atomic E-state index is 4.43. The normalized spacial score (nSPS) is 17.0. The van der Waals surface area contributed by atoms with Crippen molar-refractivity contribution in [2.75, 3.05) is 0 Å². The van der Waals surface area contributed by atoms with Gasteiger partial charge in [-0.3, -0.25) is 4.68 Å². The van der Waals surface area contributed by atoms with Gasteiger partial charge in [0.25, 0.3) is 0 Å². The lowest BCUT2D eigenvalue weighted by atomic mass is 9.93. The SMILES string of the molecule is CCc1cc(CNC2CCC2)n(C)n1. The molecular formula is C11H19N3. The molecule has 1 aliphatic rings. The van der Waals surface area contributed by atoms with Crippen LogP contribution in [-0.2, 0) is 20.0 Å². The minimum atomic E-state index is 0.759. The zero-order valence-corrected chi connectivity index (χ0v) is 9.08. The van der Waals surface area contributed by atoms with Gasteiger partial charge in [0.2, 0.25) is 0 Å². The summed E-state index contributed by atoms with van der Waals surface area (Å²) in [6.45, 7) is 3.11. The van der Waals surface area contributed by atoms with Crippen molar-refractivity contribution >= 4 is 0 Å². The summed E-state index contributed by atoms with van der Waals surface area (Å²) in [4.78, 5) is 0. The monoisotopic (exact) mass is 193 g/mol. The molecular weight excluding hydrogens is 174 g/mol. The van der Waals surface area contributed by atoms with E-state index in [0.717, 1.165) is 19.0 Å². The van der Waals surface area contributed by atoms with Crippen LogP contribution in [0.5, 0.6) is 0 Å². The Morgan fingerprint density at radius 1 is 1.57 bits per heavy atom. The Balaban J connectivity index is 1.90. The molecule has 14 heavy (non-hydrogen) atoms. The van der Waals surface area contributed by atoms with Crippen LogP contribution in [0.3, 0.4) is 0 Å². The van der Waals surface area contributed by atoms with Gasteiger partial charge in [0.05, 0.1) is 11.4 Å². The van der Waals surface area contributed by atoms with E-state index in [1.807, 2.05) is 11.7 Å². The second-order valence-electron chi connectivity index (χ2n) is 4.11. The smallest absolute Gasteiger partial charge is 0.0625 e. The molecule has 0 aliphatic heterocycles. The van der Waals surface area contributed by atoms with Crippen molar-refractivity contribution in [2.24, 2.45) is 7.05 Å². The van der Waals surface area contributed by atoms with E-state index in [4.69, 9.17) is 0 Å². The number of hydrogen-bond acceptors (Lipinski definition) is 2. The molecule has 78 valence electrons. The van der Waals surface area contributed by atoms with E-state index in [1.54, 1.807) is 0 Å². The predicted molar refractivity (Wildman–Crippen MR) is 57.1 cm³/mol. The van der Waals surface area contributed by atoms with Gasteiger partial charge in [-0.2, -0.15) is 5.10 Å². The molecule has 1 heterocycles. The summed E-state index contributed by atoms with van der Waals surface area (Å²) in [6, 6.07) is 2.96. The van der Waals surface area contributed by atoms with E-state index < -0.39 is 0 Å². The van der Waals surface area contributed by atoms with Gasteiger partial charge in [0.15, 0.2) is 0 Å². The summed E-state index contributed by atoms with van der Waals surface area (Å²) in [6.07, 6.45) is 5.11. The van der Waals surface area contributed by atoms with Crippen molar-refractivity contribution in [3.05, 3.63) is 17.5 Å². The zero-order chi connectivity index (χ0) is 9.97. The second kappa shape index (κ2) is 4.13. The molecule has 1 aliphatic carbocycles. The molecule has 0 spiro atoms. The number of aromatic nitrogens is 2. The van der Waals surface area contributed by atoms with E-state index >= 15 is 0 Å². The summed E-state index contributed by atoms with van der Waals surface area (Å²) in [5, 5.41) is 7.98. The number of rotatable bonds is 4. The molecule has 0 unspecified atom stereocenters. The van der Waals surface area contributed by atoms with Gasteiger partial charge in [0, 0.05) is 19.6 Å². The van der Waals surface area contributed by atoms with Gasteiger partial charge in [-0.05, 0) is 25.3 Å². The first-order valence-corrected chi connectivity index (χ1v) is 5.54. The first-order chi connectivity index (χ1) is 6.79. The molecule has 0 aromatic carbocycles. The number of nitrogens with zero attached hydrogens (tertiary/aromatic N) is 2. The Labute approximate surface area is 85.5 Å². The molecule has 3 heteroatoms. The van der Waals surface area contributed by atoms with Crippen LogP contribution < -0.4 is 5.32 Å². The summed E-state index contributed by atoms with van der Waals surface area (Å²) in [7, 11) is 2.02. The third-order valence-corrected chi connectivity index (χ3v) is 3.07. The highest BCUT2D eigenvalue weighted by Crippen LogP contribution is 2.18. The minimum Gasteiger partial charge on any atom is -0.308 e. The molecule has 1 saturated carbocycles. The molecule has 3 nitrogen and oxygen atoms in total. The van der Waals surface area contributed by atoms with Crippen LogP contribution in [0.1, 0.15) is 37.6 Å². The summed E-state index contributed by atoms with van der Waals surface area (Å²) in [5.74, 6) is 0. The van der Waals surface area contributed by atoms with Crippen molar-refractivity contribution < 1.29 is 0 Å². The highest BCUT2D eigenvalue weighted by Gasteiger charge is 2.16. The van der Waals surface area contributed by atoms with Crippen LogP contribution in [0.4, 0.5) is 0 Å². The average molecular weight is 193 g/mol. The van der Waals surface area contributed by atoms with Gasteiger partial charge in [-0.25, -0.2) is 0 Å². The molecule has 1 fully saturated rings. The largest absolute Gasteiger partial charge is 0.308 e. The molecule has 2 rings (SSSR count). The Morgan fingerprint density at radius 3 is 2.86 bits per heavy atom. The lowest BCUT2D eigenvalue weighted by molar-refractivity contribution is 0.335. The summed E-state index contributed by atoms with van der Waals surface area (Å²) >= 11 is 0. The van der Waals surface area contributed by atoms with Gasteiger partial charge < -0.3 is 5.32 Å². The molecule has 1 aromatic heterocycles. The fraction of sp³-hybridized carbons (Fsp3) is 0.727. The van der Waals surface area contributed by atoms with Crippen LogP contribution in [0.25, 0.3) is 0 Å². The highest BCUT2D eigenvalue weighted by atomic mass is 15.3. The number of aryl methyl sites for hydroxylation is 2. The fourth-order valence-corrected chi connectivity index (χ4v) is 1.77. The van der Waals surface area contributed by atoms with E-state index in [1.165, 1.54) is 30.7 Å². The molecule has 0 atom stereocenters. The third kappa shape index (κ3) is 1.98. The average Bonchev–Trinajstić information content (AvgIpc) is 2.45. The Bertz CT molecular complexity index is 299. The van der Waals surface area contributed by atoms with Crippen molar-refractivity contribution in [2.45, 2.75) is 45.2 Å². The quantitative estimate of drug-likeness (QED) is 0.787. The molecule has 1 N–H and O–H groups in total. The van der Waals surface area contributed by atoms with E-state index in [-0.39, 0.29) is 0 Å². The Hall–Kier alpha value is -0.830. The predicted octanol–water partition coefficient (Wildman–Crippen LogP) is 1.62. The lowest BCUT2D eigenvalue weighted by Gasteiger charge is -2.26. The van der Waals surface area contributed by atoms with E-state index in [0.29, 0.717) is 0 Å².